The van der Waals surface area contributed by atoms with Crippen molar-refractivity contribution < 1.29 is 4.74 Å². The Kier molecular flexibility index (Phi) is 6.31. The second-order valence-electron chi connectivity index (χ2n) is 5.19. The summed E-state index contributed by atoms with van der Waals surface area (Å²) < 4.78 is 5.68. The first-order valence-corrected chi connectivity index (χ1v) is 8.28. The van der Waals surface area contributed by atoms with Crippen molar-refractivity contribution in [2.24, 2.45) is 0 Å². The van der Waals surface area contributed by atoms with Gasteiger partial charge in [0.25, 0.3) is 0 Å². The van der Waals surface area contributed by atoms with Gasteiger partial charge in [0.05, 0.1) is 6.10 Å². The van der Waals surface area contributed by atoms with Gasteiger partial charge < -0.3 is 15.0 Å². The summed E-state index contributed by atoms with van der Waals surface area (Å²) in [6.07, 6.45) is 2.88. The largest absolute Gasteiger partial charge is 0.378 e. The fourth-order valence-corrected chi connectivity index (χ4v) is 3.37. The monoisotopic (exact) mass is 282 g/mol. The average Bonchev–Trinajstić information content (AvgIpc) is 2.95. The van der Waals surface area contributed by atoms with Crippen LogP contribution in [0.15, 0.2) is 17.5 Å². The Morgan fingerprint density at radius 1 is 1.47 bits per heavy atom. The highest BCUT2D eigenvalue weighted by molar-refractivity contribution is 7.10. The Morgan fingerprint density at radius 3 is 2.89 bits per heavy atom. The Bertz CT molecular complexity index is 334. The molecule has 0 aliphatic carbocycles. The number of nitrogens with zero attached hydrogens (tertiary/aromatic N) is 1. The van der Waals surface area contributed by atoms with Crippen LogP contribution in [-0.4, -0.2) is 43.8 Å². The Morgan fingerprint density at radius 2 is 2.26 bits per heavy atom. The van der Waals surface area contributed by atoms with Gasteiger partial charge in [-0.15, -0.1) is 11.3 Å². The van der Waals surface area contributed by atoms with Gasteiger partial charge in [0, 0.05) is 43.7 Å². The van der Waals surface area contributed by atoms with Crippen molar-refractivity contribution in [2.75, 3.05) is 32.8 Å². The molecule has 0 aromatic carbocycles. The van der Waals surface area contributed by atoms with Crippen LogP contribution >= 0.6 is 11.3 Å². The smallest absolute Gasteiger partial charge is 0.0599 e. The minimum Gasteiger partial charge on any atom is -0.378 e. The van der Waals surface area contributed by atoms with E-state index in [9.17, 15) is 0 Å². The molecule has 108 valence electrons. The third-order valence-corrected chi connectivity index (χ3v) is 4.84. The molecule has 1 saturated heterocycles. The summed E-state index contributed by atoms with van der Waals surface area (Å²) in [7, 11) is 0. The summed E-state index contributed by atoms with van der Waals surface area (Å²) in [6, 6.07) is 4.80. The van der Waals surface area contributed by atoms with Crippen molar-refractivity contribution >= 4 is 11.3 Å². The van der Waals surface area contributed by atoms with E-state index in [4.69, 9.17) is 4.74 Å². The van der Waals surface area contributed by atoms with Crippen LogP contribution in [-0.2, 0) is 4.74 Å². The second kappa shape index (κ2) is 8.00. The van der Waals surface area contributed by atoms with Gasteiger partial charge in [0.2, 0.25) is 0 Å². The highest BCUT2D eigenvalue weighted by Crippen LogP contribution is 2.18. The van der Waals surface area contributed by atoms with Crippen molar-refractivity contribution in [3.8, 4) is 0 Å². The zero-order chi connectivity index (χ0) is 13.5. The number of piperidine rings is 1. The lowest BCUT2D eigenvalue weighted by Gasteiger charge is -2.32. The van der Waals surface area contributed by atoms with E-state index in [1.54, 1.807) is 0 Å². The number of thiophene rings is 1. The lowest BCUT2D eigenvalue weighted by molar-refractivity contribution is 0.0144. The Hall–Kier alpha value is -0.420. The van der Waals surface area contributed by atoms with Crippen LogP contribution in [0, 0.1) is 0 Å². The van der Waals surface area contributed by atoms with E-state index < -0.39 is 0 Å². The Balaban J connectivity index is 1.59. The van der Waals surface area contributed by atoms with Gasteiger partial charge in [-0.3, -0.25) is 0 Å². The number of nitrogens with one attached hydrogen (secondary N) is 1. The molecule has 1 aliphatic heterocycles. The van der Waals surface area contributed by atoms with Gasteiger partial charge in [-0.2, -0.15) is 0 Å². The molecule has 1 N–H and O–H groups in total. The molecule has 0 bridgehead atoms. The van der Waals surface area contributed by atoms with Crippen LogP contribution in [0.2, 0.25) is 0 Å². The highest BCUT2D eigenvalue weighted by Gasteiger charge is 2.18. The van der Waals surface area contributed by atoms with Gasteiger partial charge >= 0.3 is 0 Å². The van der Waals surface area contributed by atoms with Crippen molar-refractivity contribution in [3.05, 3.63) is 22.4 Å². The number of rotatable bonds is 7. The molecule has 3 nitrogen and oxygen atoms in total. The molecule has 0 spiro atoms. The zero-order valence-electron chi connectivity index (χ0n) is 12.1. The summed E-state index contributed by atoms with van der Waals surface area (Å²) in [5, 5.41) is 5.75. The summed E-state index contributed by atoms with van der Waals surface area (Å²) >= 11 is 1.83. The van der Waals surface area contributed by atoms with Crippen molar-refractivity contribution in [3.63, 3.8) is 0 Å². The molecule has 2 rings (SSSR count). The van der Waals surface area contributed by atoms with Crippen LogP contribution in [0.5, 0.6) is 0 Å². The highest BCUT2D eigenvalue weighted by atomic mass is 32.1. The predicted octanol–water partition coefficient (Wildman–Crippen LogP) is 2.90. The molecule has 1 aromatic heterocycles. The third kappa shape index (κ3) is 4.88. The van der Waals surface area contributed by atoms with Crippen molar-refractivity contribution in [1.29, 1.82) is 0 Å². The summed E-state index contributed by atoms with van der Waals surface area (Å²) in [4.78, 5) is 3.97. The van der Waals surface area contributed by atoms with Crippen LogP contribution in [0.1, 0.15) is 37.6 Å². The first-order valence-electron chi connectivity index (χ1n) is 7.40. The maximum absolute atomic E-state index is 5.68. The molecule has 1 aliphatic rings. The van der Waals surface area contributed by atoms with Crippen LogP contribution in [0.25, 0.3) is 0 Å². The number of hydrogen-bond donors (Lipinski definition) is 1. The molecular formula is C15H26N2OS. The minimum atomic E-state index is 0.473. The topological polar surface area (TPSA) is 24.5 Å². The van der Waals surface area contributed by atoms with E-state index >= 15 is 0 Å². The first kappa shape index (κ1) is 15.0. The maximum atomic E-state index is 5.68. The predicted molar refractivity (Wildman–Crippen MR) is 81.8 cm³/mol. The third-order valence-electron chi connectivity index (χ3n) is 3.79. The standard InChI is InChI=1S/C15H26N2OS/c1-3-18-14-6-9-17(10-7-14)11-8-16-13(2)15-5-4-12-19-15/h4-5,12-14,16H,3,6-11H2,1-2H3. The van der Waals surface area contributed by atoms with Crippen LogP contribution < -0.4 is 5.32 Å². The maximum Gasteiger partial charge on any atom is 0.0599 e. The van der Waals surface area contributed by atoms with Crippen molar-refractivity contribution in [2.45, 2.75) is 38.8 Å². The number of ether oxygens (including phenoxy) is 1. The second-order valence-corrected chi connectivity index (χ2v) is 6.17. The minimum absolute atomic E-state index is 0.473. The lowest BCUT2D eigenvalue weighted by atomic mass is 10.1. The van der Waals surface area contributed by atoms with Gasteiger partial charge in [-0.25, -0.2) is 0 Å². The van der Waals surface area contributed by atoms with E-state index in [-0.39, 0.29) is 0 Å². The first-order chi connectivity index (χ1) is 9.29. The lowest BCUT2D eigenvalue weighted by Crippen LogP contribution is -2.40. The van der Waals surface area contributed by atoms with E-state index in [1.165, 1.54) is 30.8 Å². The SMILES string of the molecule is CCOC1CCN(CCNC(C)c2cccs2)CC1. The van der Waals surface area contributed by atoms with Crippen LogP contribution in [0.3, 0.4) is 0 Å². The summed E-state index contributed by atoms with van der Waals surface area (Å²) in [5.41, 5.74) is 0. The molecule has 2 heterocycles. The summed E-state index contributed by atoms with van der Waals surface area (Å²) in [5.74, 6) is 0. The molecule has 19 heavy (non-hydrogen) atoms. The van der Waals surface area contributed by atoms with Gasteiger partial charge in [0.1, 0.15) is 0 Å². The molecule has 1 atom stereocenters. The Labute approximate surface area is 121 Å². The van der Waals surface area contributed by atoms with Gasteiger partial charge in [-0.05, 0) is 38.1 Å². The molecule has 1 fully saturated rings. The van der Waals surface area contributed by atoms with E-state index in [1.807, 2.05) is 11.3 Å². The van der Waals surface area contributed by atoms with Gasteiger partial charge in [-0.1, -0.05) is 6.07 Å². The van der Waals surface area contributed by atoms with Crippen molar-refractivity contribution in [1.82, 2.24) is 10.2 Å². The summed E-state index contributed by atoms with van der Waals surface area (Å²) in [6.45, 7) is 9.76. The molecule has 0 radical (unpaired) electrons. The number of likely N-dealkylation sites (tertiary alicyclic amines) is 1. The average molecular weight is 282 g/mol. The quantitative estimate of drug-likeness (QED) is 0.832. The van der Waals surface area contributed by atoms with E-state index in [0.717, 1.165) is 19.7 Å². The zero-order valence-corrected chi connectivity index (χ0v) is 12.9. The fourth-order valence-electron chi connectivity index (χ4n) is 2.61. The normalized spacial score (nSPS) is 19.7. The van der Waals surface area contributed by atoms with Gasteiger partial charge in [0.15, 0.2) is 0 Å². The molecule has 4 heteroatoms. The molecule has 0 saturated carbocycles. The fraction of sp³-hybridized carbons (Fsp3) is 0.733. The molecule has 1 aromatic rings. The van der Waals surface area contributed by atoms with E-state index in [2.05, 4.69) is 41.6 Å². The van der Waals surface area contributed by atoms with E-state index in [0.29, 0.717) is 12.1 Å². The molecule has 0 amide bonds. The number of hydrogen-bond acceptors (Lipinski definition) is 4. The van der Waals surface area contributed by atoms with Crippen LogP contribution in [0.4, 0.5) is 0 Å². The molecule has 1 unspecified atom stereocenters. The molecular weight excluding hydrogens is 256 g/mol.